The SMILES string of the molecule is Cc1cc(C)c(C)c(Oc2cc(NC(=O)c3cc4nc(-c5ccc(F)cc5)cc(C(F)(F)F)n4n3)cc([N+](=O)[O-])c2)c1. The van der Waals surface area contributed by atoms with Crippen LogP contribution in [0.25, 0.3) is 16.9 Å². The van der Waals surface area contributed by atoms with Crippen molar-refractivity contribution in [3.8, 4) is 22.8 Å². The summed E-state index contributed by atoms with van der Waals surface area (Å²) in [6.45, 7) is 5.60. The van der Waals surface area contributed by atoms with E-state index in [0.29, 0.717) is 10.3 Å². The number of aryl methyl sites for hydroxylation is 2. The molecule has 0 bridgehead atoms. The monoisotopic (exact) mass is 579 g/mol. The van der Waals surface area contributed by atoms with Gasteiger partial charge in [-0.1, -0.05) is 6.07 Å². The van der Waals surface area contributed by atoms with Crippen LogP contribution in [0.3, 0.4) is 0 Å². The minimum atomic E-state index is -4.87. The van der Waals surface area contributed by atoms with Crippen LogP contribution in [-0.4, -0.2) is 25.4 Å². The Hall–Kier alpha value is -5.33. The Kier molecular flexibility index (Phi) is 7.10. The number of benzene rings is 3. The van der Waals surface area contributed by atoms with E-state index in [4.69, 9.17) is 4.74 Å². The first kappa shape index (κ1) is 28.2. The standard InChI is InChI=1S/C29H21F4N5O4/c1-15-8-16(2)17(3)25(9-15)42-22-11-20(10-21(12-22)38(40)41)34-28(39)24-14-27-35-23(18-4-6-19(30)7-5-18)13-26(29(31,32)33)37(27)36-24/h4-14H,1-3H3,(H,34,39). The lowest BCUT2D eigenvalue weighted by Crippen LogP contribution is -2.16. The zero-order valence-corrected chi connectivity index (χ0v) is 22.3. The number of nitro benzene ring substituents is 1. The molecule has 0 aliphatic rings. The van der Waals surface area contributed by atoms with Crippen molar-refractivity contribution in [2.24, 2.45) is 0 Å². The van der Waals surface area contributed by atoms with Crippen LogP contribution in [0.5, 0.6) is 11.5 Å². The Balaban J connectivity index is 1.51. The molecule has 2 aromatic heterocycles. The third kappa shape index (κ3) is 5.75. The number of hydrogen-bond donors (Lipinski definition) is 1. The van der Waals surface area contributed by atoms with Gasteiger partial charge in [0, 0.05) is 23.8 Å². The number of hydrogen-bond acceptors (Lipinski definition) is 6. The molecule has 0 aliphatic heterocycles. The van der Waals surface area contributed by atoms with E-state index < -0.39 is 34.2 Å². The number of carbonyl (C=O) groups is 1. The van der Waals surface area contributed by atoms with E-state index >= 15 is 0 Å². The van der Waals surface area contributed by atoms with E-state index in [0.717, 1.165) is 47.0 Å². The molecular weight excluding hydrogens is 558 g/mol. The first-order valence-corrected chi connectivity index (χ1v) is 12.4. The van der Waals surface area contributed by atoms with Gasteiger partial charge in [-0.3, -0.25) is 14.9 Å². The number of non-ortho nitro benzene ring substituents is 1. The minimum Gasteiger partial charge on any atom is -0.457 e. The van der Waals surface area contributed by atoms with Crippen LogP contribution in [0, 0.1) is 36.7 Å². The first-order valence-electron chi connectivity index (χ1n) is 12.4. The molecule has 9 nitrogen and oxygen atoms in total. The van der Waals surface area contributed by atoms with E-state index in [1.807, 2.05) is 26.8 Å². The first-order chi connectivity index (χ1) is 19.8. The molecule has 2 heterocycles. The number of carbonyl (C=O) groups excluding carboxylic acids is 1. The van der Waals surface area contributed by atoms with Gasteiger partial charge >= 0.3 is 6.18 Å². The molecule has 0 radical (unpaired) electrons. The van der Waals surface area contributed by atoms with Crippen LogP contribution in [0.15, 0.2) is 66.7 Å². The summed E-state index contributed by atoms with van der Waals surface area (Å²) in [6.07, 6.45) is -4.87. The smallest absolute Gasteiger partial charge is 0.433 e. The fourth-order valence-corrected chi connectivity index (χ4v) is 4.30. The molecule has 0 aliphatic carbocycles. The highest BCUT2D eigenvalue weighted by atomic mass is 19.4. The zero-order valence-electron chi connectivity index (χ0n) is 22.3. The van der Waals surface area contributed by atoms with Crippen molar-refractivity contribution in [3.63, 3.8) is 0 Å². The van der Waals surface area contributed by atoms with Crippen molar-refractivity contribution < 1.29 is 32.0 Å². The van der Waals surface area contributed by atoms with Crippen LogP contribution in [-0.2, 0) is 6.18 Å². The van der Waals surface area contributed by atoms with Gasteiger partial charge in [-0.15, -0.1) is 0 Å². The molecule has 0 unspecified atom stereocenters. The summed E-state index contributed by atoms with van der Waals surface area (Å²) < 4.78 is 61.5. The Labute approximate surface area is 235 Å². The predicted octanol–water partition coefficient (Wildman–Crippen LogP) is 7.43. The largest absolute Gasteiger partial charge is 0.457 e. The number of nitrogens with zero attached hydrogens (tertiary/aromatic N) is 4. The summed E-state index contributed by atoms with van der Waals surface area (Å²) in [5, 5.41) is 17.8. The lowest BCUT2D eigenvalue weighted by Gasteiger charge is -2.13. The maximum atomic E-state index is 13.9. The number of aromatic nitrogens is 3. The van der Waals surface area contributed by atoms with E-state index in [1.54, 1.807) is 6.07 Å². The number of nitro groups is 1. The van der Waals surface area contributed by atoms with Crippen LogP contribution in [0.4, 0.5) is 28.9 Å². The molecule has 13 heteroatoms. The predicted molar refractivity (Wildman–Crippen MR) is 145 cm³/mol. The number of ether oxygens (including phenoxy) is 1. The maximum absolute atomic E-state index is 13.9. The zero-order chi connectivity index (χ0) is 30.3. The third-order valence-corrected chi connectivity index (χ3v) is 6.44. The van der Waals surface area contributed by atoms with Gasteiger partial charge in [-0.05, 0) is 73.9 Å². The van der Waals surface area contributed by atoms with Gasteiger partial charge in [0.05, 0.1) is 22.4 Å². The van der Waals surface area contributed by atoms with Crippen molar-refractivity contribution in [2.75, 3.05) is 5.32 Å². The summed E-state index contributed by atoms with van der Waals surface area (Å²) in [4.78, 5) is 28.2. The Morgan fingerprint density at radius 3 is 2.38 bits per heavy atom. The Morgan fingerprint density at radius 2 is 1.71 bits per heavy atom. The van der Waals surface area contributed by atoms with Gasteiger partial charge in [0.25, 0.3) is 11.6 Å². The van der Waals surface area contributed by atoms with Gasteiger partial charge in [-0.2, -0.15) is 18.3 Å². The van der Waals surface area contributed by atoms with E-state index in [1.165, 1.54) is 24.3 Å². The van der Waals surface area contributed by atoms with E-state index in [-0.39, 0.29) is 34.0 Å². The van der Waals surface area contributed by atoms with E-state index in [9.17, 15) is 32.5 Å². The lowest BCUT2D eigenvalue weighted by atomic mass is 10.1. The molecule has 0 fully saturated rings. The van der Waals surface area contributed by atoms with Crippen molar-refractivity contribution >= 4 is 22.9 Å². The molecule has 5 aromatic rings. The van der Waals surface area contributed by atoms with Crippen molar-refractivity contribution in [1.29, 1.82) is 0 Å². The number of amides is 1. The normalized spacial score (nSPS) is 11.5. The third-order valence-electron chi connectivity index (χ3n) is 6.44. The number of alkyl halides is 3. The molecule has 3 aromatic carbocycles. The number of anilines is 1. The van der Waals surface area contributed by atoms with Crippen molar-refractivity contribution in [1.82, 2.24) is 14.6 Å². The van der Waals surface area contributed by atoms with Crippen molar-refractivity contribution in [2.45, 2.75) is 26.9 Å². The molecule has 0 saturated carbocycles. The molecule has 1 N–H and O–H groups in total. The van der Waals surface area contributed by atoms with Crippen LogP contribution < -0.4 is 10.1 Å². The fraction of sp³-hybridized carbons (Fsp3) is 0.138. The number of nitrogens with one attached hydrogen (secondary N) is 1. The second-order valence-electron chi connectivity index (χ2n) is 9.56. The van der Waals surface area contributed by atoms with Gasteiger partial charge < -0.3 is 10.1 Å². The molecule has 0 atom stereocenters. The maximum Gasteiger partial charge on any atom is 0.433 e. The van der Waals surface area contributed by atoms with Crippen LogP contribution >= 0.6 is 0 Å². The average Bonchev–Trinajstić information content (AvgIpc) is 3.35. The lowest BCUT2D eigenvalue weighted by molar-refractivity contribution is -0.384. The molecule has 0 spiro atoms. The number of rotatable bonds is 6. The topological polar surface area (TPSA) is 112 Å². The van der Waals surface area contributed by atoms with Crippen molar-refractivity contribution in [3.05, 3.63) is 111 Å². The second kappa shape index (κ2) is 10.6. The number of halogens is 4. The molecule has 1 amide bonds. The summed E-state index contributed by atoms with van der Waals surface area (Å²) in [7, 11) is 0. The summed E-state index contributed by atoms with van der Waals surface area (Å²) in [5.74, 6) is -0.982. The van der Waals surface area contributed by atoms with Gasteiger partial charge in [-0.25, -0.2) is 13.9 Å². The molecule has 5 rings (SSSR count). The Bertz CT molecular complexity index is 1870. The second-order valence-corrected chi connectivity index (χ2v) is 9.56. The molecule has 0 saturated heterocycles. The molecule has 42 heavy (non-hydrogen) atoms. The highest BCUT2D eigenvalue weighted by Crippen LogP contribution is 2.34. The number of fused-ring (bicyclic) bond motifs is 1. The van der Waals surface area contributed by atoms with Gasteiger partial charge in [0.1, 0.15) is 17.3 Å². The highest BCUT2D eigenvalue weighted by molar-refractivity contribution is 6.03. The molecule has 214 valence electrons. The van der Waals surface area contributed by atoms with Gasteiger partial charge in [0.15, 0.2) is 17.0 Å². The Morgan fingerprint density at radius 1 is 1.00 bits per heavy atom. The van der Waals surface area contributed by atoms with Crippen LogP contribution in [0.2, 0.25) is 0 Å². The highest BCUT2D eigenvalue weighted by Gasteiger charge is 2.35. The molecular formula is C29H21F4N5O4. The quantitative estimate of drug-likeness (QED) is 0.127. The van der Waals surface area contributed by atoms with E-state index in [2.05, 4.69) is 15.4 Å². The summed E-state index contributed by atoms with van der Waals surface area (Å²) in [6, 6.07) is 13.9. The minimum absolute atomic E-state index is 0.0423. The summed E-state index contributed by atoms with van der Waals surface area (Å²) in [5.41, 5.74) is 0.438. The van der Waals surface area contributed by atoms with Crippen LogP contribution in [0.1, 0.15) is 32.9 Å². The van der Waals surface area contributed by atoms with Gasteiger partial charge in [0.2, 0.25) is 0 Å². The summed E-state index contributed by atoms with van der Waals surface area (Å²) >= 11 is 0. The average molecular weight is 580 g/mol. The fourth-order valence-electron chi connectivity index (χ4n) is 4.30.